The molecule has 0 aliphatic heterocycles. The van der Waals surface area contributed by atoms with Crippen LogP contribution in [0.4, 0.5) is 5.82 Å². The van der Waals surface area contributed by atoms with Gasteiger partial charge in [0, 0.05) is 31.6 Å². The molecule has 8 heteroatoms. The summed E-state index contributed by atoms with van der Waals surface area (Å²) < 4.78 is 0.619. The van der Waals surface area contributed by atoms with E-state index in [1.165, 1.54) is 0 Å². The van der Waals surface area contributed by atoms with E-state index in [0.717, 1.165) is 12.1 Å². The molecule has 0 aromatic carbocycles. The van der Waals surface area contributed by atoms with Crippen LogP contribution in [0.3, 0.4) is 0 Å². The van der Waals surface area contributed by atoms with Crippen molar-refractivity contribution in [2.45, 2.75) is 6.42 Å². The number of nitrogens with zero attached hydrogens (tertiary/aromatic N) is 4. The molecular formula is C11H11BrN6S. The number of aromatic nitrogens is 4. The second-order valence-corrected chi connectivity index (χ2v) is 4.70. The Morgan fingerprint density at radius 1 is 1.26 bits per heavy atom. The molecule has 2 aromatic rings. The van der Waals surface area contributed by atoms with Crippen LogP contribution in [-0.2, 0) is 6.42 Å². The minimum absolute atomic E-state index is 0.491. The quantitative estimate of drug-likeness (QED) is 0.819. The van der Waals surface area contributed by atoms with Crippen LogP contribution >= 0.6 is 28.1 Å². The molecule has 0 aliphatic carbocycles. The molecule has 0 saturated carbocycles. The average molecular weight is 339 g/mol. The summed E-state index contributed by atoms with van der Waals surface area (Å²) in [5, 5.41) is 14.3. The Hall–Kier alpha value is -1.67. The second kappa shape index (κ2) is 7.05. The van der Waals surface area contributed by atoms with Crippen molar-refractivity contribution >= 4 is 39.1 Å². The van der Waals surface area contributed by atoms with Crippen molar-refractivity contribution in [3.63, 3.8) is 0 Å². The third kappa shape index (κ3) is 4.49. The van der Waals surface area contributed by atoms with E-state index in [1.54, 1.807) is 18.6 Å². The van der Waals surface area contributed by atoms with E-state index < -0.39 is 0 Å². The Kier molecular flexibility index (Phi) is 5.10. The molecule has 0 aliphatic rings. The second-order valence-electron chi connectivity index (χ2n) is 3.54. The van der Waals surface area contributed by atoms with Crippen LogP contribution in [0, 0.1) is 0 Å². The molecule has 0 fully saturated rings. The van der Waals surface area contributed by atoms with Gasteiger partial charge in [-0.15, -0.1) is 0 Å². The van der Waals surface area contributed by atoms with Crippen LogP contribution in [0.2, 0.25) is 0 Å². The predicted octanol–water partition coefficient (Wildman–Crippen LogP) is 1.56. The van der Waals surface area contributed by atoms with Gasteiger partial charge in [0.2, 0.25) is 0 Å². The van der Waals surface area contributed by atoms with Gasteiger partial charge in [-0.3, -0.25) is 0 Å². The van der Waals surface area contributed by atoms with Crippen LogP contribution in [0.25, 0.3) is 0 Å². The highest BCUT2D eigenvalue weighted by Gasteiger charge is 2.03. The van der Waals surface area contributed by atoms with Gasteiger partial charge < -0.3 is 10.6 Å². The van der Waals surface area contributed by atoms with Gasteiger partial charge in [-0.1, -0.05) is 0 Å². The molecule has 2 rings (SSSR count). The van der Waals surface area contributed by atoms with Gasteiger partial charge >= 0.3 is 0 Å². The van der Waals surface area contributed by atoms with Crippen molar-refractivity contribution in [3.8, 4) is 0 Å². The first-order valence-electron chi connectivity index (χ1n) is 5.53. The Morgan fingerprint density at radius 2 is 2.11 bits per heavy atom. The van der Waals surface area contributed by atoms with Crippen molar-refractivity contribution in [1.29, 1.82) is 0 Å². The molecule has 0 amide bonds. The van der Waals surface area contributed by atoms with Crippen molar-refractivity contribution in [2.24, 2.45) is 0 Å². The minimum atomic E-state index is 0.491. The summed E-state index contributed by atoms with van der Waals surface area (Å²) in [5.41, 5.74) is 0.915. The maximum atomic E-state index is 5.16. The lowest BCUT2D eigenvalue weighted by molar-refractivity contribution is 0.817. The van der Waals surface area contributed by atoms with E-state index in [9.17, 15) is 0 Å². The van der Waals surface area contributed by atoms with Crippen LogP contribution < -0.4 is 10.6 Å². The highest BCUT2D eigenvalue weighted by molar-refractivity contribution is 9.10. The normalized spacial score (nSPS) is 9.95. The Labute approximate surface area is 124 Å². The smallest absolute Gasteiger partial charge is 0.172 e. The molecule has 2 aromatic heterocycles. The molecule has 0 spiro atoms. The van der Waals surface area contributed by atoms with Crippen LogP contribution in [0.1, 0.15) is 5.69 Å². The first-order valence-corrected chi connectivity index (χ1v) is 6.74. The number of hydrogen-bond donors (Lipinski definition) is 2. The monoisotopic (exact) mass is 338 g/mol. The fourth-order valence-electron chi connectivity index (χ4n) is 1.33. The Morgan fingerprint density at radius 3 is 2.84 bits per heavy atom. The van der Waals surface area contributed by atoms with Gasteiger partial charge in [0.05, 0.1) is 5.69 Å². The fourth-order valence-corrected chi connectivity index (χ4v) is 1.85. The van der Waals surface area contributed by atoms with Gasteiger partial charge in [0.15, 0.2) is 10.9 Å². The molecular weight excluding hydrogens is 328 g/mol. The number of thiocarbonyl (C=S) groups is 1. The number of nitrogens with one attached hydrogen (secondary N) is 2. The van der Waals surface area contributed by atoms with Crippen LogP contribution in [0.5, 0.6) is 0 Å². The van der Waals surface area contributed by atoms with Crippen LogP contribution in [0.15, 0.2) is 35.3 Å². The van der Waals surface area contributed by atoms with Gasteiger partial charge in [-0.2, -0.15) is 10.2 Å². The lowest BCUT2D eigenvalue weighted by Gasteiger charge is -2.09. The molecule has 0 unspecified atom stereocenters. The minimum Gasteiger partial charge on any atom is -0.362 e. The van der Waals surface area contributed by atoms with E-state index in [1.807, 2.05) is 12.1 Å². The van der Waals surface area contributed by atoms with Crippen molar-refractivity contribution in [3.05, 3.63) is 41.0 Å². The van der Waals surface area contributed by atoms with E-state index in [4.69, 9.17) is 12.2 Å². The van der Waals surface area contributed by atoms with Gasteiger partial charge in [0.25, 0.3) is 0 Å². The summed E-state index contributed by atoms with van der Waals surface area (Å²) in [7, 11) is 0. The molecule has 98 valence electrons. The number of anilines is 1. The average Bonchev–Trinajstić information content (AvgIpc) is 2.43. The summed E-state index contributed by atoms with van der Waals surface area (Å²) in [5.74, 6) is 0.583. The number of rotatable bonds is 4. The van der Waals surface area contributed by atoms with Crippen LogP contribution in [-0.4, -0.2) is 31.8 Å². The topological polar surface area (TPSA) is 75.6 Å². The molecule has 0 bridgehead atoms. The predicted molar refractivity (Wildman–Crippen MR) is 79.7 cm³/mol. The van der Waals surface area contributed by atoms with Crippen molar-refractivity contribution < 1.29 is 0 Å². The molecule has 0 radical (unpaired) electrons. The van der Waals surface area contributed by atoms with Crippen molar-refractivity contribution in [2.75, 3.05) is 11.9 Å². The maximum Gasteiger partial charge on any atom is 0.172 e. The van der Waals surface area contributed by atoms with Gasteiger partial charge in [-0.25, -0.2) is 9.97 Å². The Bertz CT molecular complexity index is 550. The highest BCUT2D eigenvalue weighted by atomic mass is 79.9. The zero-order valence-corrected chi connectivity index (χ0v) is 12.3. The van der Waals surface area contributed by atoms with Crippen molar-refractivity contribution in [1.82, 2.24) is 25.5 Å². The molecule has 6 nitrogen and oxygen atoms in total. The summed E-state index contributed by atoms with van der Waals surface area (Å²) in [4.78, 5) is 8.16. The first-order chi connectivity index (χ1) is 9.25. The zero-order chi connectivity index (χ0) is 13.5. The summed E-state index contributed by atoms with van der Waals surface area (Å²) in [6, 6.07) is 3.78. The molecule has 0 saturated heterocycles. The molecule has 2 N–H and O–H groups in total. The summed E-state index contributed by atoms with van der Waals surface area (Å²) in [6.07, 6.45) is 5.58. The molecule has 2 heterocycles. The van der Waals surface area contributed by atoms with E-state index in [0.29, 0.717) is 22.1 Å². The van der Waals surface area contributed by atoms with E-state index in [2.05, 4.69) is 46.7 Å². The number of halogens is 1. The largest absolute Gasteiger partial charge is 0.362 e. The number of hydrogen-bond acceptors (Lipinski definition) is 5. The standard InChI is InChI=1S/C11H11BrN6S/c12-9-10(14-7-6-13-9)17-11(19)15-5-3-8-2-1-4-16-18-8/h1-2,4,6-7H,3,5H2,(H2,14,15,17,19). The lowest BCUT2D eigenvalue weighted by atomic mass is 10.3. The van der Waals surface area contributed by atoms with Gasteiger partial charge in [-0.05, 0) is 40.3 Å². The first kappa shape index (κ1) is 13.8. The SMILES string of the molecule is S=C(NCCc1cccnn1)Nc1nccnc1Br. The third-order valence-electron chi connectivity index (χ3n) is 2.18. The zero-order valence-electron chi connectivity index (χ0n) is 9.88. The third-order valence-corrected chi connectivity index (χ3v) is 3.01. The summed E-state index contributed by atoms with van der Waals surface area (Å²) >= 11 is 8.45. The highest BCUT2D eigenvalue weighted by Crippen LogP contribution is 2.14. The maximum absolute atomic E-state index is 5.16. The summed E-state index contributed by atoms with van der Waals surface area (Å²) in [6.45, 7) is 0.669. The Balaban J connectivity index is 1.78. The fraction of sp³-hybridized carbons (Fsp3) is 0.182. The van der Waals surface area contributed by atoms with E-state index >= 15 is 0 Å². The van der Waals surface area contributed by atoms with Gasteiger partial charge in [0.1, 0.15) is 4.60 Å². The van der Waals surface area contributed by atoms with E-state index in [-0.39, 0.29) is 0 Å². The molecule has 19 heavy (non-hydrogen) atoms. The lowest BCUT2D eigenvalue weighted by Crippen LogP contribution is -2.30. The molecule has 0 atom stereocenters.